The first kappa shape index (κ1) is 28.1. The van der Waals surface area contributed by atoms with Crippen LogP contribution in [0.2, 0.25) is 0 Å². The highest BCUT2D eigenvalue weighted by molar-refractivity contribution is 7.14. The van der Waals surface area contributed by atoms with E-state index in [2.05, 4.69) is 48.9 Å². The molecular formula is C30H40N2O2S3. The minimum absolute atomic E-state index is 0.685. The number of fused-ring (bicyclic) bond motifs is 1. The Hall–Kier alpha value is -1.96. The van der Waals surface area contributed by atoms with Crippen LogP contribution in [0.25, 0.3) is 31.9 Å². The van der Waals surface area contributed by atoms with Crippen LogP contribution in [0.4, 0.5) is 0 Å². The van der Waals surface area contributed by atoms with E-state index in [1.165, 1.54) is 75.9 Å². The molecule has 0 N–H and O–H groups in total. The number of benzene rings is 1. The molecule has 0 fully saturated rings. The van der Waals surface area contributed by atoms with Gasteiger partial charge in [-0.15, -0.1) is 22.7 Å². The van der Waals surface area contributed by atoms with Gasteiger partial charge in [0, 0.05) is 9.75 Å². The standard InChI is InChI=1S/C30H40N2O2S3/c1-3-5-7-9-11-13-19-33-29-25(23-17-15-21-35-23)27-28(32-37-31-27)26(24-18-16-22-36-24)30(29)34-20-14-12-10-8-6-4-2/h15-18,21-22H,3-14,19-20H2,1-2H3. The number of unbranched alkanes of at least 4 members (excludes halogenated alkanes) is 10. The van der Waals surface area contributed by atoms with Crippen molar-refractivity contribution in [1.82, 2.24) is 8.75 Å². The maximum Gasteiger partial charge on any atom is 0.172 e. The monoisotopic (exact) mass is 556 g/mol. The molecule has 0 aliphatic heterocycles. The van der Waals surface area contributed by atoms with Crippen LogP contribution in [0.1, 0.15) is 90.9 Å². The molecule has 0 saturated carbocycles. The van der Waals surface area contributed by atoms with Gasteiger partial charge in [-0.1, -0.05) is 90.2 Å². The Balaban J connectivity index is 1.65. The predicted octanol–water partition coefficient (Wildman–Crippen LogP) is 10.6. The van der Waals surface area contributed by atoms with Gasteiger partial charge in [0.1, 0.15) is 11.0 Å². The Labute approximate surface area is 234 Å². The van der Waals surface area contributed by atoms with E-state index < -0.39 is 0 Å². The van der Waals surface area contributed by atoms with Crippen LogP contribution in [-0.2, 0) is 0 Å². The van der Waals surface area contributed by atoms with Crippen molar-refractivity contribution in [3.63, 3.8) is 0 Å². The molecule has 3 aromatic heterocycles. The average Bonchev–Trinajstić information content (AvgIpc) is 3.70. The maximum absolute atomic E-state index is 6.65. The zero-order valence-electron chi connectivity index (χ0n) is 22.3. The van der Waals surface area contributed by atoms with Crippen LogP contribution in [0.5, 0.6) is 11.5 Å². The van der Waals surface area contributed by atoms with Crippen molar-refractivity contribution in [1.29, 1.82) is 0 Å². The van der Waals surface area contributed by atoms with E-state index in [0.717, 1.165) is 56.3 Å². The average molecular weight is 557 g/mol. The second-order valence-electron chi connectivity index (χ2n) is 9.56. The summed E-state index contributed by atoms with van der Waals surface area (Å²) < 4.78 is 22.8. The number of aromatic nitrogens is 2. The molecular weight excluding hydrogens is 517 g/mol. The van der Waals surface area contributed by atoms with E-state index in [1.807, 2.05) is 0 Å². The van der Waals surface area contributed by atoms with Crippen LogP contribution in [0.3, 0.4) is 0 Å². The van der Waals surface area contributed by atoms with E-state index in [0.29, 0.717) is 13.2 Å². The summed E-state index contributed by atoms with van der Waals surface area (Å²) in [4.78, 5) is 2.30. The lowest BCUT2D eigenvalue weighted by molar-refractivity contribution is 0.260. The summed E-state index contributed by atoms with van der Waals surface area (Å²) in [6.45, 7) is 5.89. The fourth-order valence-corrected chi connectivity index (χ4v) is 6.74. The van der Waals surface area contributed by atoms with Gasteiger partial charge >= 0.3 is 0 Å². The molecule has 200 valence electrons. The van der Waals surface area contributed by atoms with Gasteiger partial charge < -0.3 is 9.47 Å². The molecule has 4 nitrogen and oxygen atoms in total. The van der Waals surface area contributed by atoms with Gasteiger partial charge in [-0.25, -0.2) is 0 Å². The van der Waals surface area contributed by atoms with Gasteiger partial charge in [-0.2, -0.15) is 8.75 Å². The highest BCUT2D eigenvalue weighted by Gasteiger charge is 2.27. The summed E-state index contributed by atoms with van der Waals surface area (Å²) in [5, 5.41) is 4.23. The molecule has 0 amide bonds. The summed E-state index contributed by atoms with van der Waals surface area (Å²) in [6, 6.07) is 8.48. The maximum atomic E-state index is 6.65. The molecule has 0 aliphatic carbocycles. The van der Waals surface area contributed by atoms with Crippen LogP contribution >= 0.6 is 34.4 Å². The first-order valence-corrected chi connectivity index (χ1v) is 16.5. The topological polar surface area (TPSA) is 44.2 Å². The molecule has 0 unspecified atom stereocenters. The Morgan fingerprint density at radius 3 is 1.43 bits per heavy atom. The second-order valence-corrected chi connectivity index (χ2v) is 12.0. The summed E-state index contributed by atoms with van der Waals surface area (Å²) in [7, 11) is 0. The number of hydrogen-bond acceptors (Lipinski definition) is 7. The number of ether oxygens (including phenoxy) is 2. The van der Waals surface area contributed by atoms with Crippen molar-refractivity contribution in [3.8, 4) is 32.4 Å². The van der Waals surface area contributed by atoms with Crippen molar-refractivity contribution >= 4 is 45.4 Å². The van der Waals surface area contributed by atoms with Gasteiger partial charge in [0.25, 0.3) is 0 Å². The molecule has 0 atom stereocenters. The van der Waals surface area contributed by atoms with Crippen LogP contribution in [0, 0.1) is 0 Å². The minimum Gasteiger partial charge on any atom is -0.489 e. The van der Waals surface area contributed by atoms with Crippen molar-refractivity contribution < 1.29 is 9.47 Å². The van der Waals surface area contributed by atoms with E-state index in [9.17, 15) is 0 Å². The summed E-state index contributed by atoms with van der Waals surface area (Å²) in [5.41, 5.74) is 3.90. The summed E-state index contributed by atoms with van der Waals surface area (Å²) in [6.07, 6.45) is 14.8. The zero-order chi connectivity index (χ0) is 25.7. The molecule has 0 bridgehead atoms. The molecule has 7 heteroatoms. The molecule has 37 heavy (non-hydrogen) atoms. The Morgan fingerprint density at radius 1 is 0.595 bits per heavy atom. The van der Waals surface area contributed by atoms with Crippen LogP contribution < -0.4 is 9.47 Å². The fraction of sp³-hybridized carbons (Fsp3) is 0.533. The lowest BCUT2D eigenvalue weighted by Crippen LogP contribution is -2.06. The third kappa shape index (κ3) is 7.55. The first-order chi connectivity index (χ1) is 18.3. The predicted molar refractivity (Wildman–Crippen MR) is 162 cm³/mol. The fourth-order valence-electron chi connectivity index (χ4n) is 4.65. The van der Waals surface area contributed by atoms with Crippen LogP contribution in [0.15, 0.2) is 35.0 Å². The second kappa shape index (κ2) is 15.5. The first-order valence-electron chi connectivity index (χ1n) is 14.0. The number of hydrogen-bond donors (Lipinski definition) is 0. The quantitative estimate of drug-likeness (QED) is 0.114. The molecule has 0 radical (unpaired) electrons. The van der Waals surface area contributed by atoms with Crippen molar-refractivity contribution in [2.45, 2.75) is 90.9 Å². The number of thiophene rings is 2. The third-order valence-corrected chi connectivity index (χ3v) is 8.95. The van der Waals surface area contributed by atoms with Crippen LogP contribution in [-0.4, -0.2) is 22.0 Å². The molecule has 4 aromatic rings. The van der Waals surface area contributed by atoms with Gasteiger partial charge in [-0.05, 0) is 35.7 Å². The van der Waals surface area contributed by atoms with Crippen molar-refractivity contribution in [2.24, 2.45) is 0 Å². The normalized spacial score (nSPS) is 11.4. The Bertz CT molecular complexity index is 1080. The summed E-state index contributed by atoms with van der Waals surface area (Å²) in [5.74, 6) is 1.68. The Kier molecular flexibility index (Phi) is 11.7. The van der Waals surface area contributed by atoms with E-state index in [1.54, 1.807) is 22.7 Å². The number of rotatable bonds is 18. The lowest BCUT2D eigenvalue weighted by Gasteiger charge is -2.20. The van der Waals surface area contributed by atoms with Gasteiger partial charge in [0.2, 0.25) is 0 Å². The molecule has 0 saturated heterocycles. The lowest BCUT2D eigenvalue weighted by atomic mass is 10.0. The van der Waals surface area contributed by atoms with E-state index in [-0.39, 0.29) is 0 Å². The largest absolute Gasteiger partial charge is 0.489 e. The van der Waals surface area contributed by atoms with E-state index in [4.69, 9.17) is 18.2 Å². The highest BCUT2D eigenvalue weighted by atomic mass is 32.1. The number of nitrogens with zero attached hydrogens (tertiary/aromatic N) is 2. The third-order valence-electron chi connectivity index (χ3n) is 6.65. The summed E-state index contributed by atoms with van der Waals surface area (Å²) >= 11 is 4.70. The zero-order valence-corrected chi connectivity index (χ0v) is 24.7. The smallest absolute Gasteiger partial charge is 0.172 e. The SMILES string of the molecule is CCCCCCCCOc1c(OCCCCCCCC)c(-c2cccs2)c2nsnc2c1-c1cccs1. The molecule has 0 spiro atoms. The van der Waals surface area contributed by atoms with Gasteiger partial charge in [0.05, 0.1) is 36.1 Å². The molecule has 4 rings (SSSR count). The van der Waals surface area contributed by atoms with Crippen molar-refractivity contribution in [3.05, 3.63) is 35.0 Å². The van der Waals surface area contributed by atoms with Crippen molar-refractivity contribution in [2.75, 3.05) is 13.2 Å². The van der Waals surface area contributed by atoms with E-state index >= 15 is 0 Å². The molecule has 1 aromatic carbocycles. The molecule has 3 heterocycles. The highest BCUT2D eigenvalue weighted by Crippen LogP contribution is 2.52. The minimum atomic E-state index is 0.685. The molecule has 0 aliphatic rings. The van der Waals surface area contributed by atoms with Gasteiger partial charge in [0.15, 0.2) is 11.5 Å². The Morgan fingerprint density at radius 2 is 1.03 bits per heavy atom. The van der Waals surface area contributed by atoms with Gasteiger partial charge in [-0.3, -0.25) is 0 Å².